The fraction of sp³-hybridized carbons (Fsp3) is 1.00. The first-order valence-electron chi connectivity index (χ1n) is 3.46. The summed E-state index contributed by atoms with van der Waals surface area (Å²) in [6, 6.07) is 0. The number of hydrogen-bond acceptors (Lipinski definition) is 4. The van der Waals surface area contributed by atoms with Gasteiger partial charge in [-0.15, -0.1) is 0 Å². The van der Waals surface area contributed by atoms with E-state index in [-0.39, 0.29) is 6.54 Å². The molecular formula is C6H12F3NO3. The predicted octanol–water partition coefficient (Wildman–Crippen LogP) is 0.689. The molecule has 80 valence electrons. The standard InChI is InChI=1S/C6H12F3NO3/c1-11-5(12-2)3-10-13-4-6(7,8)9/h5,10H,3-4H2,1-2H3. The van der Waals surface area contributed by atoms with E-state index in [0.717, 1.165) is 0 Å². The van der Waals surface area contributed by atoms with E-state index in [0.29, 0.717) is 0 Å². The van der Waals surface area contributed by atoms with E-state index < -0.39 is 19.1 Å². The number of methoxy groups -OCH3 is 2. The maximum absolute atomic E-state index is 11.5. The smallest absolute Gasteiger partial charge is 0.354 e. The Kier molecular flexibility index (Phi) is 5.97. The van der Waals surface area contributed by atoms with Crippen LogP contribution < -0.4 is 5.48 Å². The maximum atomic E-state index is 11.5. The molecule has 0 saturated carbocycles. The number of hydroxylamine groups is 1. The molecule has 0 radical (unpaired) electrons. The fourth-order valence-corrected chi connectivity index (χ4v) is 0.523. The normalized spacial score (nSPS) is 12.5. The van der Waals surface area contributed by atoms with Crippen LogP contribution in [-0.2, 0) is 14.3 Å². The Morgan fingerprint density at radius 1 is 1.23 bits per heavy atom. The van der Waals surface area contributed by atoms with Crippen LogP contribution in [0.15, 0.2) is 0 Å². The van der Waals surface area contributed by atoms with Crippen LogP contribution in [0.5, 0.6) is 0 Å². The van der Waals surface area contributed by atoms with Crippen LogP contribution in [0.25, 0.3) is 0 Å². The summed E-state index contributed by atoms with van der Waals surface area (Å²) in [4.78, 5) is 4.10. The molecule has 0 bridgehead atoms. The molecule has 0 aromatic heterocycles. The second-order valence-corrected chi connectivity index (χ2v) is 2.15. The van der Waals surface area contributed by atoms with Gasteiger partial charge in [-0.25, -0.2) is 0 Å². The van der Waals surface area contributed by atoms with Crippen molar-refractivity contribution < 1.29 is 27.5 Å². The Balaban J connectivity index is 3.34. The minimum absolute atomic E-state index is 0.0308. The summed E-state index contributed by atoms with van der Waals surface area (Å²) in [6.07, 6.45) is -4.95. The molecule has 0 aromatic rings. The Labute approximate surface area is 73.9 Å². The molecule has 0 amide bonds. The third-order valence-corrected chi connectivity index (χ3v) is 1.11. The summed E-state index contributed by atoms with van der Waals surface area (Å²) in [5, 5.41) is 0. The van der Waals surface area contributed by atoms with E-state index in [2.05, 4.69) is 19.8 Å². The summed E-state index contributed by atoms with van der Waals surface area (Å²) in [5.41, 5.74) is 2.07. The van der Waals surface area contributed by atoms with Crippen molar-refractivity contribution in [2.45, 2.75) is 12.5 Å². The third kappa shape index (κ3) is 7.97. The van der Waals surface area contributed by atoms with Crippen molar-refractivity contribution in [1.82, 2.24) is 5.48 Å². The maximum Gasteiger partial charge on any atom is 0.413 e. The van der Waals surface area contributed by atoms with Crippen LogP contribution in [0.2, 0.25) is 0 Å². The molecule has 0 heterocycles. The minimum Gasteiger partial charge on any atom is -0.354 e. The number of rotatable bonds is 6. The van der Waals surface area contributed by atoms with E-state index in [1.165, 1.54) is 14.2 Å². The zero-order valence-corrected chi connectivity index (χ0v) is 7.35. The lowest BCUT2D eigenvalue weighted by Crippen LogP contribution is -2.32. The summed E-state index contributed by atoms with van der Waals surface area (Å²) < 4.78 is 43.9. The molecule has 0 unspecified atom stereocenters. The molecule has 0 saturated heterocycles. The van der Waals surface area contributed by atoms with Gasteiger partial charge in [0.1, 0.15) is 0 Å². The molecule has 0 fully saturated rings. The highest BCUT2D eigenvalue weighted by molar-refractivity contribution is 4.45. The topological polar surface area (TPSA) is 39.7 Å². The first kappa shape index (κ1) is 12.6. The average Bonchev–Trinajstić information content (AvgIpc) is 2.03. The van der Waals surface area contributed by atoms with Gasteiger partial charge in [0, 0.05) is 14.2 Å². The molecule has 0 aliphatic heterocycles. The Morgan fingerprint density at radius 2 is 1.77 bits per heavy atom. The molecule has 0 atom stereocenters. The molecule has 0 rings (SSSR count). The number of nitrogens with one attached hydrogen (secondary N) is 1. The molecule has 13 heavy (non-hydrogen) atoms. The Bertz CT molecular complexity index is 127. The van der Waals surface area contributed by atoms with Crippen molar-refractivity contribution in [1.29, 1.82) is 0 Å². The fourth-order valence-electron chi connectivity index (χ4n) is 0.523. The van der Waals surface area contributed by atoms with Gasteiger partial charge in [-0.2, -0.15) is 18.7 Å². The van der Waals surface area contributed by atoms with Crippen LogP contribution in [0.3, 0.4) is 0 Å². The van der Waals surface area contributed by atoms with Gasteiger partial charge in [-0.05, 0) is 0 Å². The number of alkyl halides is 3. The van der Waals surface area contributed by atoms with Gasteiger partial charge in [0.05, 0.1) is 6.54 Å². The lowest BCUT2D eigenvalue weighted by atomic mass is 10.6. The molecule has 7 heteroatoms. The predicted molar refractivity (Wildman–Crippen MR) is 37.8 cm³/mol. The monoisotopic (exact) mass is 203 g/mol. The summed E-state index contributed by atoms with van der Waals surface area (Å²) in [5.74, 6) is 0. The van der Waals surface area contributed by atoms with Crippen LogP contribution in [0.1, 0.15) is 0 Å². The number of halogens is 3. The van der Waals surface area contributed by atoms with Crippen molar-refractivity contribution in [2.24, 2.45) is 0 Å². The summed E-state index contributed by atoms with van der Waals surface area (Å²) in [7, 11) is 2.75. The first-order chi connectivity index (χ1) is 5.99. The van der Waals surface area contributed by atoms with E-state index >= 15 is 0 Å². The highest BCUT2D eigenvalue weighted by Crippen LogP contribution is 2.13. The van der Waals surface area contributed by atoms with Crippen molar-refractivity contribution in [3.8, 4) is 0 Å². The van der Waals surface area contributed by atoms with E-state index in [4.69, 9.17) is 0 Å². The first-order valence-corrected chi connectivity index (χ1v) is 3.46. The number of ether oxygens (including phenoxy) is 2. The molecular weight excluding hydrogens is 191 g/mol. The van der Waals surface area contributed by atoms with Crippen LogP contribution in [0, 0.1) is 0 Å². The lowest BCUT2D eigenvalue weighted by Gasteiger charge is -2.14. The van der Waals surface area contributed by atoms with Crippen molar-refractivity contribution in [3.63, 3.8) is 0 Å². The molecule has 0 aliphatic carbocycles. The van der Waals surface area contributed by atoms with Gasteiger partial charge < -0.3 is 9.47 Å². The van der Waals surface area contributed by atoms with Crippen molar-refractivity contribution in [2.75, 3.05) is 27.4 Å². The van der Waals surface area contributed by atoms with E-state index in [1.54, 1.807) is 0 Å². The van der Waals surface area contributed by atoms with Crippen LogP contribution in [0.4, 0.5) is 13.2 Å². The second-order valence-electron chi connectivity index (χ2n) is 2.15. The lowest BCUT2D eigenvalue weighted by molar-refractivity contribution is -0.198. The van der Waals surface area contributed by atoms with E-state index in [9.17, 15) is 13.2 Å². The molecule has 0 aromatic carbocycles. The molecule has 4 nitrogen and oxygen atoms in total. The van der Waals surface area contributed by atoms with E-state index in [1.807, 2.05) is 0 Å². The van der Waals surface area contributed by atoms with Gasteiger partial charge in [-0.1, -0.05) is 0 Å². The van der Waals surface area contributed by atoms with Gasteiger partial charge in [-0.3, -0.25) is 4.84 Å². The molecule has 0 aliphatic rings. The van der Waals surface area contributed by atoms with Crippen molar-refractivity contribution in [3.05, 3.63) is 0 Å². The highest BCUT2D eigenvalue weighted by Gasteiger charge is 2.27. The Morgan fingerprint density at radius 3 is 2.15 bits per heavy atom. The zero-order chi connectivity index (χ0) is 10.3. The minimum atomic E-state index is -4.33. The average molecular weight is 203 g/mol. The summed E-state index contributed by atoms with van der Waals surface area (Å²) in [6.45, 7) is -1.31. The zero-order valence-electron chi connectivity index (χ0n) is 7.35. The quantitative estimate of drug-likeness (QED) is 0.391. The third-order valence-electron chi connectivity index (χ3n) is 1.11. The van der Waals surface area contributed by atoms with Gasteiger partial charge >= 0.3 is 6.18 Å². The molecule has 1 N–H and O–H groups in total. The SMILES string of the molecule is COC(CNOCC(F)(F)F)OC. The van der Waals surface area contributed by atoms with Crippen LogP contribution in [-0.4, -0.2) is 39.8 Å². The number of hydrogen-bond donors (Lipinski definition) is 1. The Hall–Kier alpha value is -0.370. The largest absolute Gasteiger partial charge is 0.413 e. The second kappa shape index (κ2) is 6.14. The van der Waals surface area contributed by atoms with Gasteiger partial charge in [0.2, 0.25) is 0 Å². The highest BCUT2D eigenvalue weighted by atomic mass is 19.4. The molecule has 0 spiro atoms. The van der Waals surface area contributed by atoms with Gasteiger partial charge in [0.15, 0.2) is 12.9 Å². The van der Waals surface area contributed by atoms with Crippen LogP contribution >= 0.6 is 0 Å². The summed E-state index contributed by atoms with van der Waals surface area (Å²) >= 11 is 0. The van der Waals surface area contributed by atoms with Gasteiger partial charge in [0.25, 0.3) is 0 Å². The van der Waals surface area contributed by atoms with Crippen molar-refractivity contribution >= 4 is 0 Å².